The molecule has 0 aliphatic rings. The van der Waals surface area contributed by atoms with Crippen LogP contribution in [0.5, 0.6) is 0 Å². The maximum atomic E-state index is 8.97. The molecule has 1 aromatic carbocycles. The Morgan fingerprint density at radius 2 is 1.73 bits per heavy atom. The molecule has 1 aromatic rings. The molecule has 0 bridgehead atoms. The molecule has 0 aromatic heterocycles. The van der Waals surface area contributed by atoms with Gasteiger partial charge in [0.1, 0.15) is 0 Å². The van der Waals surface area contributed by atoms with Gasteiger partial charge in [-0.1, -0.05) is 42.0 Å². The van der Waals surface area contributed by atoms with Crippen molar-refractivity contribution in [3.05, 3.63) is 41.5 Å². The molecule has 82 valence electrons. The van der Waals surface area contributed by atoms with Crippen molar-refractivity contribution in [3.63, 3.8) is 0 Å². The zero-order valence-corrected chi connectivity index (χ0v) is 8.85. The van der Waals surface area contributed by atoms with E-state index in [1.807, 2.05) is 31.2 Å². The van der Waals surface area contributed by atoms with Crippen molar-refractivity contribution in [3.8, 4) is 0 Å². The van der Waals surface area contributed by atoms with E-state index >= 15 is 0 Å². The molecule has 3 heteroatoms. The van der Waals surface area contributed by atoms with Crippen molar-refractivity contribution < 1.29 is 10.2 Å². The van der Waals surface area contributed by atoms with E-state index in [4.69, 9.17) is 15.9 Å². The first-order valence-corrected chi connectivity index (χ1v) is 4.86. The number of nitrogens with two attached hydrogens (primary N) is 1. The normalized spacial score (nSPS) is 12.3. The molecule has 1 rings (SSSR count). The first kappa shape index (κ1) is 11.9. The van der Waals surface area contributed by atoms with Crippen LogP contribution in [-0.4, -0.2) is 29.0 Å². The largest absolute Gasteiger partial charge is 0.394 e. The number of benzene rings is 1. The first-order chi connectivity index (χ1) is 7.09. The van der Waals surface area contributed by atoms with E-state index < -0.39 is 5.54 Å². The average molecular weight is 207 g/mol. The Labute approximate surface area is 89.9 Å². The van der Waals surface area contributed by atoms with E-state index in [2.05, 4.69) is 0 Å². The van der Waals surface area contributed by atoms with Crippen molar-refractivity contribution in [2.45, 2.75) is 12.5 Å². The number of rotatable bonds is 4. The second-order valence-corrected chi connectivity index (χ2v) is 3.79. The fourth-order valence-electron chi connectivity index (χ4n) is 1.10. The first-order valence-electron chi connectivity index (χ1n) is 4.86. The molecule has 0 amide bonds. The second kappa shape index (κ2) is 5.07. The van der Waals surface area contributed by atoms with Crippen molar-refractivity contribution in [1.29, 1.82) is 0 Å². The molecule has 0 aliphatic carbocycles. The molecule has 0 aliphatic heterocycles. The number of aliphatic hydroxyl groups excluding tert-OH is 2. The van der Waals surface area contributed by atoms with Gasteiger partial charge in [-0.25, -0.2) is 0 Å². The van der Waals surface area contributed by atoms with Crippen LogP contribution in [0.1, 0.15) is 11.1 Å². The van der Waals surface area contributed by atoms with Crippen LogP contribution >= 0.6 is 0 Å². The van der Waals surface area contributed by atoms with Crippen molar-refractivity contribution in [2.75, 3.05) is 13.2 Å². The van der Waals surface area contributed by atoms with Crippen LogP contribution < -0.4 is 5.73 Å². The molecule has 0 radical (unpaired) electrons. The lowest BCUT2D eigenvalue weighted by atomic mass is 10.0. The summed E-state index contributed by atoms with van der Waals surface area (Å²) in [5.41, 5.74) is 6.84. The third kappa shape index (κ3) is 3.47. The quantitative estimate of drug-likeness (QED) is 0.680. The van der Waals surface area contributed by atoms with Crippen molar-refractivity contribution in [2.24, 2.45) is 5.73 Å². The Bertz CT molecular complexity index is 326. The van der Waals surface area contributed by atoms with Crippen LogP contribution in [0.3, 0.4) is 0 Å². The molecule has 0 saturated heterocycles. The van der Waals surface area contributed by atoms with Gasteiger partial charge in [0.25, 0.3) is 0 Å². The van der Waals surface area contributed by atoms with E-state index in [1.54, 1.807) is 12.2 Å². The topological polar surface area (TPSA) is 66.5 Å². The summed E-state index contributed by atoms with van der Waals surface area (Å²) < 4.78 is 0. The van der Waals surface area contributed by atoms with Crippen LogP contribution in [0.2, 0.25) is 0 Å². The highest BCUT2D eigenvalue weighted by atomic mass is 16.3. The van der Waals surface area contributed by atoms with Gasteiger partial charge in [-0.2, -0.15) is 0 Å². The summed E-state index contributed by atoms with van der Waals surface area (Å²) in [5, 5.41) is 17.9. The monoisotopic (exact) mass is 207 g/mol. The van der Waals surface area contributed by atoms with Crippen LogP contribution in [0.25, 0.3) is 6.08 Å². The Kier molecular flexibility index (Phi) is 4.03. The Morgan fingerprint density at radius 3 is 2.20 bits per heavy atom. The molecule has 4 N–H and O–H groups in total. The Morgan fingerprint density at radius 1 is 1.20 bits per heavy atom. The fraction of sp³-hybridized carbons (Fsp3) is 0.333. The molecular formula is C12H17NO2. The van der Waals surface area contributed by atoms with Crippen molar-refractivity contribution in [1.82, 2.24) is 0 Å². The highest BCUT2D eigenvalue weighted by molar-refractivity contribution is 5.51. The summed E-state index contributed by atoms with van der Waals surface area (Å²) in [6.45, 7) is 1.47. The van der Waals surface area contributed by atoms with Crippen LogP contribution in [0, 0.1) is 6.92 Å². The lowest BCUT2D eigenvalue weighted by molar-refractivity contribution is 0.152. The molecule has 0 heterocycles. The van der Waals surface area contributed by atoms with Gasteiger partial charge in [0, 0.05) is 0 Å². The lowest BCUT2D eigenvalue weighted by Gasteiger charge is -2.19. The summed E-state index contributed by atoms with van der Waals surface area (Å²) in [6, 6.07) is 7.91. The molecule has 3 nitrogen and oxygen atoms in total. The van der Waals surface area contributed by atoms with Gasteiger partial charge in [0.05, 0.1) is 18.8 Å². The average Bonchev–Trinajstić information content (AvgIpc) is 2.28. The summed E-state index contributed by atoms with van der Waals surface area (Å²) >= 11 is 0. The van der Waals surface area contributed by atoms with Gasteiger partial charge >= 0.3 is 0 Å². The van der Waals surface area contributed by atoms with Gasteiger partial charge in [-0.3, -0.25) is 0 Å². The van der Waals surface area contributed by atoms with Gasteiger partial charge in [-0.05, 0) is 12.5 Å². The van der Waals surface area contributed by atoms with Gasteiger partial charge < -0.3 is 15.9 Å². The minimum atomic E-state index is -1.04. The molecule has 0 fully saturated rings. The smallest absolute Gasteiger partial charge is 0.0811 e. The second-order valence-electron chi connectivity index (χ2n) is 3.79. The number of hydrogen-bond acceptors (Lipinski definition) is 3. The summed E-state index contributed by atoms with van der Waals surface area (Å²) in [6.07, 6.45) is 3.42. The lowest BCUT2D eigenvalue weighted by Crippen LogP contribution is -2.45. The number of hydrogen-bond donors (Lipinski definition) is 3. The minimum Gasteiger partial charge on any atom is -0.394 e. The van der Waals surface area contributed by atoms with E-state index in [1.165, 1.54) is 5.56 Å². The summed E-state index contributed by atoms with van der Waals surface area (Å²) in [7, 11) is 0. The minimum absolute atomic E-state index is 0.272. The van der Waals surface area contributed by atoms with Gasteiger partial charge in [0.2, 0.25) is 0 Å². The highest BCUT2D eigenvalue weighted by Gasteiger charge is 2.18. The number of aryl methyl sites for hydroxylation is 1. The predicted molar refractivity (Wildman–Crippen MR) is 61.3 cm³/mol. The van der Waals surface area contributed by atoms with Crippen molar-refractivity contribution >= 4 is 6.08 Å². The van der Waals surface area contributed by atoms with E-state index in [9.17, 15) is 0 Å². The maximum absolute atomic E-state index is 8.97. The predicted octanol–water partition coefficient (Wildman–Crippen LogP) is 0.690. The Hall–Kier alpha value is -1.16. The molecular weight excluding hydrogens is 190 g/mol. The summed E-state index contributed by atoms with van der Waals surface area (Å²) in [5.74, 6) is 0. The van der Waals surface area contributed by atoms with E-state index in [-0.39, 0.29) is 13.2 Å². The molecule has 15 heavy (non-hydrogen) atoms. The maximum Gasteiger partial charge on any atom is 0.0811 e. The Balaban J connectivity index is 2.76. The zero-order chi connectivity index (χ0) is 11.3. The van der Waals surface area contributed by atoms with E-state index in [0.29, 0.717) is 0 Å². The van der Waals surface area contributed by atoms with Crippen LogP contribution in [0.15, 0.2) is 30.3 Å². The standard InChI is InChI=1S/C12H17NO2/c1-10-2-4-11(5-3-10)6-7-12(13,8-14)9-15/h2-7,14-15H,8-9,13H2,1H3/b7-6+. The SMILES string of the molecule is Cc1ccc(/C=C/C(N)(CO)CO)cc1. The van der Waals surface area contributed by atoms with Gasteiger partial charge in [0.15, 0.2) is 0 Å². The fourth-order valence-corrected chi connectivity index (χ4v) is 1.10. The van der Waals surface area contributed by atoms with Crippen LogP contribution in [0.4, 0.5) is 0 Å². The molecule has 0 unspecified atom stereocenters. The van der Waals surface area contributed by atoms with Gasteiger partial charge in [-0.15, -0.1) is 0 Å². The zero-order valence-electron chi connectivity index (χ0n) is 8.85. The molecule has 0 atom stereocenters. The third-order valence-corrected chi connectivity index (χ3v) is 2.27. The number of aliphatic hydroxyl groups is 2. The highest BCUT2D eigenvalue weighted by Crippen LogP contribution is 2.08. The third-order valence-electron chi connectivity index (χ3n) is 2.27. The van der Waals surface area contributed by atoms with E-state index in [0.717, 1.165) is 5.56 Å². The van der Waals surface area contributed by atoms with Crippen LogP contribution in [-0.2, 0) is 0 Å². The summed E-state index contributed by atoms with van der Waals surface area (Å²) in [4.78, 5) is 0. The molecule has 0 spiro atoms. The molecule has 0 saturated carbocycles.